The third-order valence-electron chi connectivity index (χ3n) is 3.64. The van der Waals surface area contributed by atoms with E-state index < -0.39 is 5.97 Å². The Morgan fingerprint density at radius 1 is 1.04 bits per heavy atom. The lowest BCUT2D eigenvalue weighted by Gasteiger charge is -2.29. The van der Waals surface area contributed by atoms with Crippen LogP contribution in [0.3, 0.4) is 0 Å². The van der Waals surface area contributed by atoms with Gasteiger partial charge in [-0.15, -0.1) is 0 Å². The van der Waals surface area contributed by atoms with Gasteiger partial charge in [-0.3, -0.25) is 15.0 Å². The number of rotatable bonds is 6. The van der Waals surface area contributed by atoms with Crippen LogP contribution in [-0.4, -0.2) is 41.4 Å². The van der Waals surface area contributed by atoms with E-state index >= 15 is 0 Å². The summed E-state index contributed by atoms with van der Waals surface area (Å²) in [6, 6.07) is 14.5. The van der Waals surface area contributed by atoms with Crippen molar-refractivity contribution in [1.29, 1.82) is 5.41 Å². The van der Waals surface area contributed by atoms with Gasteiger partial charge in [0.2, 0.25) is 5.91 Å². The predicted molar refractivity (Wildman–Crippen MR) is 96.3 cm³/mol. The number of benzene rings is 2. The number of likely N-dealkylation sites (N-methyl/N-ethyl adjacent to an activating group) is 1. The van der Waals surface area contributed by atoms with Gasteiger partial charge in [-0.2, -0.15) is 0 Å². The molecule has 0 atom stereocenters. The zero-order valence-electron chi connectivity index (χ0n) is 14.1. The molecule has 0 aliphatic rings. The van der Waals surface area contributed by atoms with E-state index in [1.807, 2.05) is 24.3 Å². The van der Waals surface area contributed by atoms with E-state index in [2.05, 4.69) is 0 Å². The molecule has 0 saturated carbocycles. The molecule has 25 heavy (non-hydrogen) atoms. The number of amides is 1. The van der Waals surface area contributed by atoms with Crippen molar-refractivity contribution >= 4 is 23.4 Å². The minimum absolute atomic E-state index is 0.0143. The van der Waals surface area contributed by atoms with Gasteiger partial charge in [0.25, 0.3) is 0 Å². The van der Waals surface area contributed by atoms with E-state index in [4.69, 9.17) is 16.2 Å². The largest absolute Gasteiger partial charge is 0.480 e. The van der Waals surface area contributed by atoms with Crippen LogP contribution in [0.1, 0.15) is 12.5 Å². The summed E-state index contributed by atoms with van der Waals surface area (Å²) in [7, 11) is 1.55. The Morgan fingerprint density at radius 3 is 1.92 bits per heavy atom. The van der Waals surface area contributed by atoms with Crippen LogP contribution in [0.15, 0.2) is 48.5 Å². The summed E-state index contributed by atoms with van der Waals surface area (Å²) in [4.78, 5) is 22.8. The van der Waals surface area contributed by atoms with Crippen molar-refractivity contribution in [2.45, 2.75) is 6.92 Å². The second-order valence-electron chi connectivity index (χ2n) is 5.58. The molecule has 2 aromatic carbocycles. The molecule has 0 bridgehead atoms. The van der Waals surface area contributed by atoms with Gasteiger partial charge >= 0.3 is 5.97 Å². The maximum atomic E-state index is 11.9. The minimum atomic E-state index is -1.02. The molecule has 7 heteroatoms. The summed E-state index contributed by atoms with van der Waals surface area (Å²) < 4.78 is 0. The van der Waals surface area contributed by atoms with Gasteiger partial charge in [0, 0.05) is 19.5 Å². The number of hydrazine groups is 1. The number of aliphatic carboxylic acids is 1. The van der Waals surface area contributed by atoms with Gasteiger partial charge in [-0.1, -0.05) is 36.4 Å². The number of carboxylic acid groups (broad SMARTS) is 1. The fraction of sp³-hybridized carbons (Fsp3) is 0.167. The summed E-state index contributed by atoms with van der Waals surface area (Å²) in [5.41, 5.74) is 8.56. The van der Waals surface area contributed by atoms with Crippen molar-refractivity contribution in [3.05, 3.63) is 54.1 Å². The molecule has 0 radical (unpaired) electrons. The molecule has 2 aromatic rings. The van der Waals surface area contributed by atoms with Crippen molar-refractivity contribution in [3.63, 3.8) is 0 Å². The average Bonchev–Trinajstić information content (AvgIpc) is 2.54. The molecule has 0 aromatic heterocycles. The van der Waals surface area contributed by atoms with Crippen LogP contribution in [0, 0.1) is 5.41 Å². The molecular weight excluding hydrogens is 320 g/mol. The van der Waals surface area contributed by atoms with E-state index in [9.17, 15) is 9.59 Å². The number of nitrogen functional groups attached to an aromatic ring is 1. The molecule has 0 aliphatic heterocycles. The van der Waals surface area contributed by atoms with Crippen molar-refractivity contribution < 1.29 is 14.7 Å². The number of hydrogen-bond donors (Lipinski definition) is 3. The first-order valence-corrected chi connectivity index (χ1v) is 7.58. The first-order chi connectivity index (χ1) is 11.8. The number of hydrogen-bond acceptors (Lipinski definition) is 4. The normalized spacial score (nSPS) is 10.5. The Balaban J connectivity index is 2.26. The van der Waals surface area contributed by atoms with Crippen LogP contribution in [0.4, 0.5) is 5.69 Å². The van der Waals surface area contributed by atoms with Crippen molar-refractivity contribution in [1.82, 2.24) is 5.01 Å². The summed E-state index contributed by atoms with van der Waals surface area (Å²) in [5, 5.41) is 19.0. The Labute approximate surface area is 145 Å². The Kier molecular flexibility index (Phi) is 5.51. The van der Waals surface area contributed by atoms with Gasteiger partial charge < -0.3 is 10.8 Å². The number of amidine groups is 1. The number of carboxylic acids is 1. The lowest BCUT2D eigenvalue weighted by molar-refractivity contribution is -0.138. The molecule has 4 N–H and O–H groups in total. The highest BCUT2D eigenvalue weighted by Crippen LogP contribution is 2.24. The second-order valence-corrected chi connectivity index (χ2v) is 5.58. The van der Waals surface area contributed by atoms with Gasteiger partial charge in [-0.05, 0) is 23.3 Å². The van der Waals surface area contributed by atoms with Crippen LogP contribution in [-0.2, 0) is 9.59 Å². The van der Waals surface area contributed by atoms with E-state index in [1.165, 1.54) is 16.9 Å². The SMILES string of the molecule is CC(=O)N(c1ccc(-c2ccc(C(=N)N)cc2)cc1)N(C)CC(=O)O. The molecule has 0 heterocycles. The lowest BCUT2D eigenvalue weighted by Crippen LogP contribution is -2.45. The van der Waals surface area contributed by atoms with Gasteiger partial charge in [-0.25, -0.2) is 10.0 Å². The van der Waals surface area contributed by atoms with Crippen LogP contribution in [0.2, 0.25) is 0 Å². The number of nitrogens with two attached hydrogens (primary N) is 1. The van der Waals surface area contributed by atoms with Crippen molar-refractivity contribution in [2.75, 3.05) is 18.6 Å². The molecule has 2 rings (SSSR count). The summed E-state index contributed by atoms with van der Waals surface area (Å²) in [6.07, 6.45) is 0. The molecular formula is C18H20N4O3. The number of nitrogens with zero attached hydrogens (tertiary/aromatic N) is 2. The first-order valence-electron chi connectivity index (χ1n) is 7.58. The lowest BCUT2D eigenvalue weighted by atomic mass is 10.0. The monoisotopic (exact) mass is 340 g/mol. The second kappa shape index (κ2) is 7.59. The van der Waals surface area contributed by atoms with Crippen LogP contribution in [0.25, 0.3) is 11.1 Å². The number of nitrogens with one attached hydrogen (secondary N) is 1. The summed E-state index contributed by atoms with van der Waals surface area (Å²) in [6.45, 7) is 1.10. The standard InChI is InChI=1S/C18H20N4O3/c1-12(23)22(21(2)11-17(24)25)16-9-7-14(8-10-16)13-3-5-15(6-4-13)18(19)20/h3-10H,11H2,1-2H3,(H3,19,20)(H,24,25). The van der Waals surface area contributed by atoms with Crippen LogP contribution in [0.5, 0.6) is 0 Å². The highest BCUT2D eigenvalue weighted by molar-refractivity contribution is 5.95. The quantitative estimate of drug-likeness (QED) is 0.423. The van der Waals surface area contributed by atoms with E-state index in [1.54, 1.807) is 31.3 Å². The number of carbonyl (C=O) groups excluding carboxylic acids is 1. The van der Waals surface area contributed by atoms with Gasteiger partial charge in [0.1, 0.15) is 12.4 Å². The maximum Gasteiger partial charge on any atom is 0.319 e. The van der Waals surface area contributed by atoms with E-state index in [-0.39, 0.29) is 18.3 Å². The molecule has 0 spiro atoms. The molecule has 0 saturated heterocycles. The number of anilines is 1. The predicted octanol–water partition coefficient (Wildman–Crippen LogP) is 1.92. The van der Waals surface area contributed by atoms with Gasteiger partial charge in [0.15, 0.2) is 0 Å². The third kappa shape index (κ3) is 4.42. The highest BCUT2D eigenvalue weighted by Gasteiger charge is 2.19. The minimum Gasteiger partial charge on any atom is -0.480 e. The average molecular weight is 340 g/mol. The molecule has 7 nitrogen and oxygen atoms in total. The fourth-order valence-corrected chi connectivity index (χ4v) is 2.52. The summed E-state index contributed by atoms with van der Waals surface area (Å²) in [5.74, 6) is -1.28. The van der Waals surface area contributed by atoms with Crippen molar-refractivity contribution in [3.8, 4) is 11.1 Å². The molecule has 0 aliphatic carbocycles. The fourth-order valence-electron chi connectivity index (χ4n) is 2.52. The van der Waals surface area contributed by atoms with Crippen molar-refractivity contribution in [2.24, 2.45) is 5.73 Å². The maximum absolute atomic E-state index is 11.9. The topological polar surface area (TPSA) is 111 Å². The molecule has 0 fully saturated rings. The molecule has 1 amide bonds. The first kappa shape index (κ1) is 18.2. The highest BCUT2D eigenvalue weighted by atomic mass is 16.4. The Morgan fingerprint density at radius 2 is 1.52 bits per heavy atom. The molecule has 0 unspecified atom stereocenters. The van der Waals surface area contributed by atoms with E-state index in [0.717, 1.165) is 11.1 Å². The van der Waals surface area contributed by atoms with Crippen LogP contribution < -0.4 is 10.7 Å². The number of carbonyl (C=O) groups is 2. The van der Waals surface area contributed by atoms with E-state index in [0.29, 0.717) is 11.3 Å². The van der Waals surface area contributed by atoms with Crippen LogP contribution >= 0.6 is 0 Å². The third-order valence-corrected chi connectivity index (χ3v) is 3.64. The summed E-state index contributed by atoms with van der Waals surface area (Å²) >= 11 is 0. The van der Waals surface area contributed by atoms with Gasteiger partial charge in [0.05, 0.1) is 5.69 Å². The smallest absolute Gasteiger partial charge is 0.319 e. The Hall–Kier alpha value is -3.19. The zero-order valence-corrected chi connectivity index (χ0v) is 14.1. The Bertz CT molecular complexity index is 785. The zero-order chi connectivity index (χ0) is 18.6. The molecule has 130 valence electrons.